The van der Waals surface area contributed by atoms with Crippen molar-refractivity contribution in [3.63, 3.8) is 0 Å². The number of furan rings is 1. The van der Waals surface area contributed by atoms with E-state index >= 15 is 0 Å². The van der Waals surface area contributed by atoms with E-state index in [1.807, 2.05) is 0 Å². The molecule has 1 aromatic carbocycles. The van der Waals surface area contributed by atoms with Gasteiger partial charge in [0.1, 0.15) is 11.6 Å². The zero-order valence-corrected chi connectivity index (χ0v) is 14.9. The predicted octanol–water partition coefficient (Wildman–Crippen LogP) is 3.49. The smallest absolute Gasteiger partial charge is 0.319 e. The third-order valence-corrected chi connectivity index (χ3v) is 4.53. The molecular formula is C20H22FN3O3. The standard InChI is InChI=1S/C20H22FN3O3/c21-17-5-1-2-6-18(17)23-20(26)22-14-15-9-11-24(12-10-15)19(25)8-7-16-4-3-13-27-16/h1-8,13,15H,9-12,14H2,(H2,22,23,26)/b8-7+. The molecule has 0 saturated carbocycles. The Morgan fingerprint density at radius 1 is 1.19 bits per heavy atom. The summed E-state index contributed by atoms with van der Waals surface area (Å²) in [7, 11) is 0. The molecule has 2 N–H and O–H groups in total. The fraction of sp³-hybridized carbons (Fsp3) is 0.300. The summed E-state index contributed by atoms with van der Waals surface area (Å²) >= 11 is 0. The van der Waals surface area contributed by atoms with Crippen LogP contribution < -0.4 is 10.6 Å². The van der Waals surface area contributed by atoms with Crippen molar-refractivity contribution < 1.29 is 18.4 Å². The number of piperidine rings is 1. The fourth-order valence-corrected chi connectivity index (χ4v) is 2.97. The van der Waals surface area contributed by atoms with E-state index in [0.29, 0.717) is 25.4 Å². The van der Waals surface area contributed by atoms with Crippen LogP contribution in [0.5, 0.6) is 0 Å². The molecule has 0 atom stereocenters. The molecule has 0 bridgehead atoms. The number of hydrogen-bond acceptors (Lipinski definition) is 3. The molecule has 2 heterocycles. The third kappa shape index (κ3) is 5.44. The van der Waals surface area contributed by atoms with Gasteiger partial charge >= 0.3 is 6.03 Å². The van der Waals surface area contributed by atoms with Gasteiger partial charge in [-0.3, -0.25) is 4.79 Å². The molecule has 3 rings (SSSR count). The Kier molecular flexibility index (Phi) is 6.25. The minimum absolute atomic E-state index is 0.0462. The van der Waals surface area contributed by atoms with Gasteiger partial charge < -0.3 is 20.0 Å². The van der Waals surface area contributed by atoms with E-state index in [1.165, 1.54) is 18.2 Å². The lowest BCUT2D eigenvalue weighted by Crippen LogP contribution is -2.41. The van der Waals surface area contributed by atoms with Crippen LogP contribution in [0, 0.1) is 11.7 Å². The fourth-order valence-electron chi connectivity index (χ4n) is 2.97. The molecule has 3 amide bonds. The third-order valence-electron chi connectivity index (χ3n) is 4.53. The van der Waals surface area contributed by atoms with Crippen LogP contribution in [-0.4, -0.2) is 36.5 Å². The number of halogens is 1. The number of benzene rings is 1. The molecule has 1 aliphatic rings. The van der Waals surface area contributed by atoms with E-state index in [9.17, 15) is 14.0 Å². The molecule has 142 valence electrons. The summed E-state index contributed by atoms with van der Waals surface area (Å²) in [5.41, 5.74) is 0.152. The van der Waals surface area contributed by atoms with Crippen molar-refractivity contribution in [2.75, 3.05) is 25.0 Å². The summed E-state index contributed by atoms with van der Waals surface area (Å²) in [6.45, 7) is 1.77. The number of carbonyl (C=O) groups excluding carboxylic acids is 2. The maximum Gasteiger partial charge on any atom is 0.319 e. The van der Waals surface area contributed by atoms with Crippen molar-refractivity contribution in [2.24, 2.45) is 5.92 Å². The van der Waals surface area contributed by atoms with Gasteiger partial charge in [0, 0.05) is 25.7 Å². The number of nitrogens with zero attached hydrogens (tertiary/aromatic N) is 1. The summed E-state index contributed by atoms with van der Waals surface area (Å²) in [5, 5.41) is 5.27. The number of hydrogen-bond donors (Lipinski definition) is 2. The lowest BCUT2D eigenvalue weighted by molar-refractivity contribution is -0.127. The van der Waals surface area contributed by atoms with Gasteiger partial charge in [0.25, 0.3) is 0 Å². The molecular weight excluding hydrogens is 349 g/mol. The minimum Gasteiger partial charge on any atom is -0.465 e. The lowest BCUT2D eigenvalue weighted by atomic mass is 9.97. The summed E-state index contributed by atoms with van der Waals surface area (Å²) < 4.78 is 18.7. The number of para-hydroxylation sites is 1. The van der Waals surface area contributed by atoms with Crippen molar-refractivity contribution in [3.8, 4) is 0 Å². The van der Waals surface area contributed by atoms with Crippen LogP contribution in [-0.2, 0) is 4.79 Å². The summed E-state index contributed by atoms with van der Waals surface area (Å²) in [4.78, 5) is 25.9. The van der Waals surface area contributed by atoms with Crippen molar-refractivity contribution in [1.82, 2.24) is 10.2 Å². The molecule has 1 fully saturated rings. The van der Waals surface area contributed by atoms with Crippen LogP contribution >= 0.6 is 0 Å². The quantitative estimate of drug-likeness (QED) is 0.790. The largest absolute Gasteiger partial charge is 0.465 e. The van der Waals surface area contributed by atoms with Crippen LogP contribution in [0.2, 0.25) is 0 Å². The summed E-state index contributed by atoms with van der Waals surface area (Å²) in [6.07, 6.45) is 6.34. The average Bonchev–Trinajstić information content (AvgIpc) is 3.20. The van der Waals surface area contributed by atoms with E-state index in [2.05, 4.69) is 10.6 Å². The molecule has 1 aliphatic heterocycles. The maximum absolute atomic E-state index is 13.5. The Morgan fingerprint density at radius 3 is 2.67 bits per heavy atom. The second-order valence-corrected chi connectivity index (χ2v) is 6.43. The van der Waals surface area contributed by atoms with E-state index in [1.54, 1.807) is 41.5 Å². The topological polar surface area (TPSA) is 74.6 Å². The van der Waals surface area contributed by atoms with E-state index in [0.717, 1.165) is 12.8 Å². The van der Waals surface area contributed by atoms with E-state index in [4.69, 9.17) is 4.42 Å². The molecule has 7 heteroatoms. The van der Waals surface area contributed by atoms with Gasteiger partial charge in [0.2, 0.25) is 5.91 Å². The maximum atomic E-state index is 13.5. The number of amides is 3. The normalized spacial score (nSPS) is 15.1. The highest BCUT2D eigenvalue weighted by molar-refractivity contribution is 5.91. The number of rotatable bonds is 5. The molecule has 2 aromatic rings. The average molecular weight is 371 g/mol. The number of nitrogens with one attached hydrogen (secondary N) is 2. The zero-order valence-electron chi connectivity index (χ0n) is 14.9. The molecule has 27 heavy (non-hydrogen) atoms. The molecule has 0 aliphatic carbocycles. The predicted molar refractivity (Wildman–Crippen MR) is 100 cm³/mol. The molecule has 6 nitrogen and oxygen atoms in total. The molecule has 1 aromatic heterocycles. The second kappa shape index (κ2) is 9.02. The Hall–Kier alpha value is -3.09. The highest BCUT2D eigenvalue weighted by Gasteiger charge is 2.22. The summed E-state index contributed by atoms with van der Waals surface area (Å²) in [6, 6.07) is 9.15. The summed E-state index contributed by atoms with van der Waals surface area (Å²) in [5.74, 6) is 0.412. The van der Waals surface area contributed by atoms with Crippen molar-refractivity contribution >= 4 is 23.7 Å². The van der Waals surface area contributed by atoms with Gasteiger partial charge in [-0.15, -0.1) is 0 Å². The van der Waals surface area contributed by atoms with Crippen LogP contribution in [0.1, 0.15) is 18.6 Å². The monoisotopic (exact) mass is 371 g/mol. The Labute approximate surface area is 157 Å². The van der Waals surface area contributed by atoms with Crippen LogP contribution in [0.25, 0.3) is 6.08 Å². The van der Waals surface area contributed by atoms with E-state index in [-0.39, 0.29) is 17.5 Å². The molecule has 0 radical (unpaired) electrons. The SMILES string of the molecule is O=C(NCC1CCN(C(=O)/C=C/c2ccco2)CC1)Nc1ccccc1F. The first kappa shape index (κ1) is 18.7. The lowest BCUT2D eigenvalue weighted by Gasteiger charge is -2.31. The van der Waals surface area contributed by atoms with E-state index < -0.39 is 11.8 Å². The van der Waals surface area contributed by atoms with Gasteiger partial charge in [-0.05, 0) is 49.1 Å². The first-order valence-electron chi connectivity index (χ1n) is 8.91. The highest BCUT2D eigenvalue weighted by Crippen LogP contribution is 2.17. The van der Waals surface area contributed by atoms with Crippen LogP contribution in [0.15, 0.2) is 53.2 Å². The Morgan fingerprint density at radius 2 is 1.96 bits per heavy atom. The number of urea groups is 1. The van der Waals surface area contributed by atoms with Crippen LogP contribution in [0.4, 0.5) is 14.9 Å². The van der Waals surface area contributed by atoms with Gasteiger partial charge in [-0.1, -0.05) is 12.1 Å². The first-order chi connectivity index (χ1) is 13.1. The second-order valence-electron chi connectivity index (χ2n) is 6.43. The number of carbonyl (C=O) groups is 2. The van der Waals surface area contributed by atoms with Crippen molar-refractivity contribution in [1.29, 1.82) is 0 Å². The van der Waals surface area contributed by atoms with Gasteiger partial charge in [-0.25, -0.2) is 9.18 Å². The van der Waals surface area contributed by atoms with Crippen molar-refractivity contribution in [3.05, 3.63) is 60.3 Å². The van der Waals surface area contributed by atoms with Crippen molar-refractivity contribution in [2.45, 2.75) is 12.8 Å². The molecule has 1 saturated heterocycles. The van der Waals surface area contributed by atoms with Gasteiger partial charge in [0.15, 0.2) is 0 Å². The Bertz CT molecular complexity index is 797. The Balaban J connectivity index is 1.38. The molecule has 0 spiro atoms. The number of likely N-dealkylation sites (tertiary alicyclic amines) is 1. The van der Waals surface area contributed by atoms with Gasteiger partial charge in [-0.2, -0.15) is 0 Å². The minimum atomic E-state index is -0.470. The van der Waals surface area contributed by atoms with Crippen LogP contribution in [0.3, 0.4) is 0 Å². The van der Waals surface area contributed by atoms with Gasteiger partial charge in [0.05, 0.1) is 12.0 Å². The molecule has 0 unspecified atom stereocenters. The highest BCUT2D eigenvalue weighted by atomic mass is 19.1. The number of anilines is 1. The first-order valence-corrected chi connectivity index (χ1v) is 8.91. The zero-order chi connectivity index (χ0) is 19.1.